The van der Waals surface area contributed by atoms with Gasteiger partial charge in [0, 0.05) is 5.39 Å². The van der Waals surface area contributed by atoms with Gasteiger partial charge in [0.15, 0.2) is 5.43 Å². The zero-order valence-corrected chi connectivity index (χ0v) is 8.98. The van der Waals surface area contributed by atoms with Crippen molar-refractivity contribution in [1.29, 1.82) is 0 Å². The standard InChI is InChI=1S/C15H9FO/c16-11-6-7-13-14(9-11)12-4-2-1-3-10(12)5-8-15(13)17/h1-9H. The molecule has 0 N–H and O–H groups in total. The van der Waals surface area contributed by atoms with Crippen molar-refractivity contribution in [2.24, 2.45) is 0 Å². The highest BCUT2D eigenvalue weighted by Gasteiger charge is 2.02. The van der Waals surface area contributed by atoms with Gasteiger partial charge in [-0.1, -0.05) is 30.3 Å². The fraction of sp³-hybridized carbons (Fsp3) is 0. The van der Waals surface area contributed by atoms with Crippen LogP contribution in [0.2, 0.25) is 0 Å². The number of hydrogen-bond donors (Lipinski definition) is 0. The van der Waals surface area contributed by atoms with Crippen LogP contribution in [-0.4, -0.2) is 0 Å². The Morgan fingerprint density at radius 1 is 0.765 bits per heavy atom. The highest BCUT2D eigenvalue weighted by atomic mass is 19.1. The van der Waals surface area contributed by atoms with Crippen LogP contribution in [0.4, 0.5) is 4.39 Å². The molecule has 17 heavy (non-hydrogen) atoms. The Morgan fingerprint density at radius 3 is 2.47 bits per heavy atom. The molecule has 0 spiro atoms. The molecule has 0 unspecified atom stereocenters. The van der Waals surface area contributed by atoms with E-state index in [1.807, 2.05) is 24.3 Å². The van der Waals surface area contributed by atoms with E-state index in [0.717, 1.165) is 10.8 Å². The van der Waals surface area contributed by atoms with Crippen molar-refractivity contribution in [3.05, 3.63) is 70.6 Å². The summed E-state index contributed by atoms with van der Waals surface area (Å²) in [6, 6.07) is 15.2. The van der Waals surface area contributed by atoms with E-state index in [1.165, 1.54) is 18.2 Å². The lowest BCUT2D eigenvalue weighted by Crippen LogP contribution is -1.94. The van der Waals surface area contributed by atoms with E-state index in [-0.39, 0.29) is 11.2 Å². The molecule has 0 fully saturated rings. The van der Waals surface area contributed by atoms with Gasteiger partial charge >= 0.3 is 0 Å². The molecular weight excluding hydrogens is 215 g/mol. The molecule has 0 bridgehead atoms. The minimum Gasteiger partial charge on any atom is -0.289 e. The Morgan fingerprint density at radius 2 is 1.59 bits per heavy atom. The fourth-order valence-electron chi connectivity index (χ4n) is 2.10. The molecule has 0 aliphatic carbocycles. The summed E-state index contributed by atoms with van der Waals surface area (Å²) in [7, 11) is 0. The molecule has 3 aromatic rings. The summed E-state index contributed by atoms with van der Waals surface area (Å²) in [5.41, 5.74) is -0.0869. The van der Waals surface area contributed by atoms with Crippen molar-refractivity contribution >= 4 is 21.5 Å². The lowest BCUT2D eigenvalue weighted by molar-refractivity contribution is 0.630. The number of halogens is 1. The van der Waals surface area contributed by atoms with Crippen LogP contribution in [0.3, 0.4) is 0 Å². The maximum atomic E-state index is 13.3. The summed E-state index contributed by atoms with van der Waals surface area (Å²) in [4.78, 5) is 11.9. The molecule has 0 saturated heterocycles. The molecule has 3 rings (SSSR count). The lowest BCUT2D eigenvalue weighted by Gasteiger charge is -1.97. The average Bonchev–Trinajstić information content (AvgIpc) is 2.48. The summed E-state index contributed by atoms with van der Waals surface area (Å²) in [5, 5.41) is 3.04. The van der Waals surface area contributed by atoms with Crippen molar-refractivity contribution in [3.8, 4) is 0 Å². The lowest BCUT2D eigenvalue weighted by atomic mass is 10.1. The van der Waals surface area contributed by atoms with Gasteiger partial charge in [0.2, 0.25) is 0 Å². The first kappa shape index (κ1) is 9.97. The van der Waals surface area contributed by atoms with Gasteiger partial charge in [-0.2, -0.15) is 0 Å². The number of rotatable bonds is 0. The molecule has 0 amide bonds. The van der Waals surface area contributed by atoms with E-state index in [4.69, 9.17) is 0 Å². The van der Waals surface area contributed by atoms with Crippen molar-refractivity contribution in [2.45, 2.75) is 0 Å². The minimum atomic E-state index is -0.326. The predicted molar refractivity (Wildman–Crippen MR) is 67.7 cm³/mol. The van der Waals surface area contributed by atoms with Crippen LogP contribution in [0.1, 0.15) is 0 Å². The topological polar surface area (TPSA) is 17.1 Å². The van der Waals surface area contributed by atoms with Crippen LogP contribution in [-0.2, 0) is 0 Å². The smallest absolute Gasteiger partial charge is 0.186 e. The number of fused-ring (bicyclic) bond motifs is 3. The first-order chi connectivity index (χ1) is 8.25. The SMILES string of the molecule is O=c1ccc2ccccc2c2cc(F)ccc12. The van der Waals surface area contributed by atoms with Gasteiger partial charge < -0.3 is 0 Å². The van der Waals surface area contributed by atoms with Crippen LogP contribution in [0, 0.1) is 5.82 Å². The maximum Gasteiger partial charge on any atom is 0.186 e. The molecule has 0 heterocycles. The van der Waals surface area contributed by atoms with Gasteiger partial charge in [-0.3, -0.25) is 4.79 Å². The highest BCUT2D eigenvalue weighted by molar-refractivity contribution is 6.05. The molecule has 2 heteroatoms. The van der Waals surface area contributed by atoms with Gasteiger partial charge in [-0.05, 0) is 40.4 Å². The third kappa shape index (κ3) is 1.58. The molecule has 0 aromatic heterocycles. The minimum absolute atomic E-state index is 0.0869. The van der Waals surface area contributed by atoms with Crippen LogP contribution >= 0.6 is 0 Å². The van der Waals surface area contributed by atoms with Gasteiger partial charge in [0.05, 0.1) is 0 Å². The number of benzene rings is 2. The Labute approximate surface area is 97.1 Å². The second-order valence-corrected chi connectivity index (χ2v) is 3.97. The first-order valence-electron chi connectivity index (χ1n) is 5.37. The monoisotopic (exact) mass is 224 g/mol. The van der Waals surface area contributed by atoms with Crippen LogP contribution in [0.5, 0.6) is 0 Å². The Kier molecular flexibility index (Phi) is 2.15. The molecule has 82 valence electrons. The van der Waals surface area contributed by atoms with Crippen molar-refractivity contribution in [2.75, 3.05) is 0 Å². The van der Waals surface area contributed by atoms with Crippen LogP contribution < -0.4 is 5.43 Å². The first-order valence-corrected chi connectivity index (χ1v) is 5.37. The molecule has 0 radical (unpaired) electrons. The van der Waals surface area contributed by atoms with Crippen molar-refractivity contribution in [3.63, 3.8) is 0 Å². The molecule has 1 nitrogen and oxygen atoms in total. The van der Waals surface area contributed by atoms with Gasteiger partial charge in [-0.25, -0.2) is 4.39 Å². The zero-order chi connectivity index (χ0) is 11.8. The molecule has 0 aliphatic rings. The van der Waals surface area contributed by atoms with Crippen molar-refractivity contribution in [1.82, 2.24) is 0 Å². The number of hydrogen-bond acceptors (Lipinski definition) is 1. The largest absolute Gasteiger partial charge is 0.289 e. The van der Waals surface area contributed by atoms with Crippen molar-refractivity contribution < 1.29 is 4.39 Å². The Balaban J connectivity index is 2.71. The highest BCUT2D eigenvalue weighted by Crippen LogP contribution is 2.22. The van der Waals surface area contributed by atoms with E-state index < -0.39 is 0 Å². The second kappa shape index (κ2) is 3.67. The molecule has 0 saturated carbocycles. The van der Waals surface area contributed by atoms with E-state index in [1.54, 1.807) is 12.1 Å². The van der Waals surface area contributed by atoms with Gasteiger partial charge in [0.25, 0.3) is 0 Å². The molecular formula is C15H9FO. The predicted octanol–water partition coefficient (Wildman–Crippen LogP) is 3.49. The van der Waals surface area contributed by atoms with Gasteiger partial charge in [-0.15, -0.1) is 0 Å². The summed E-state index contributed by atoms with van der Waals surface area (Å²) in [5.74, 6) is -0.326. The molecule has 0 aliphatic heterocycles. The third-order valence-electron chi connectivity index (χ3n) is 2.91. The summed E-state index contributed by atoms with van der Waals surface area (Å²) in [6.07, 6.45) is 0. The summed E-state index contributed by atoms with van der Waals surface area (Å²) < 4.78 is 13.3. The van der Waals surface area contributed by atoms with Crippen LogP contribution in [0.15, 0.2) is 59.4 Å². The van der Waals surface area contributed by atoms with E-state index in [0.29, 0.717) is 10.8 Å². The van der Waals surface area contributed by atoms with Gasteiger partial charge in [0.1, 0.15) is 5.82 Å². The quantitative estimate of drug-likeness (QED) is 0.571. The average molecular weight is 224 g/mol. The van der Waals surface area contributed by atoms with E-state index >= 15 is 0 Å². The summed E-state index contributed by atoms with van der Waals surface area (Å²) >= 11 is 0. The fourth-order valence-corrected chi connectivity index (χ4v) is 2.10. The normalized spacial score (nSPS) is 10.9. The second-order valence-electron chi connectivity index (χ2n) is 3.97. The molecule has 3 aromatic carbocycles. The zero-order valence-electron chi connectivity index (χ0n) is 8.98. The van der Waals surface area contributed by atoms with E-state index in [2.05, 4.69) is 0 Å². The third-order valence-corrected chi connectivity index (χ3v) is 2.91. The maximum absolute atomic E-state index is 13.3. The van der Waals surface area contributed by atoms with E-state index in [9.17, 15) is 9.18 Å². The summed E-state index contributed by atoms with van der Waals surface area (Å²) in [6.45, 7) is 0. The van der Waals surface area contributed by atoms with Crippen LogP contribution in [0.25, 0.3) is 21.5 Å². The molecule has 0 atom stereocenters. The Bertz CT molecular complexity index is 778. The Hall–Kier alpha value is -2.22.